The molecule has 0 aliphatic heterocycles. The van der Waals surface area contributed by atoms with Crippen LogP contribution in [0.4, 0.5) is 0 Å². The summed E-state index contributed by atoms with van der Waals surface area (Å²) < 4.78 is 5.63. The van der Waals surface area contributed by atoms with Crippen LogP contribution in [0.1, 0.15) is 27.2 Å². The topological polar surface area (TPSA) is 26.3 Å². The summed E-state index contributed by atoms with van der Waals surface area (Å²) in [5, 5.41) is 1.11. The van der Waals surface area contributed by atoms with Crippen molar-refractivity contribution in [1.82, 2.24) is 0 Å². The highest BCUT2D eigenvalue weighted by Gasteiger charge is 2.34. The smallest absolute Gasteiger partial charge is 0.258 e. The van der Waals surface area contributed by atoms with Crippen molar-refractivity contribution < 1.29 is 9.22 Å². The van der Waals surface area contributed by atoms with Gasteiger partial charge in [0, 0.05) is 18.4 Å². The number of rotatable bonds is 5. The Morgan fingerprint density at radius 2 is 1.86 bits per heavy atom. The first-order chi connectivity index (χ1) is 6.19. The van der Waals surface area contributed by atoms with E-state index in [0.717, 1.165) is 5.33 Å². The minimum Gasteiger partial charge on any atom is -0.409 e. The van der Waals surface area contributed by atoms with Gasteiger partial charge in [-0.3, -0.25) is 0 Å². The molecule has 0 fully saturated rings. The Kier molecular flexibility index (Phi) is 5.55. The molecular formula is C10H21BrO2Si. The third-order valence-corrected chi connectivity index (χ3v) is 4.67. The van der Waals surface area contributed by atoms with Gasteiger partial charge in [0.15, 0.2) is 0 Å². The van der Waals surface area contributed by atoms with Crippen molar-refractivity contribution in [2.75, 3.05) is 11.9 Å². The lowest BCUT2D eigenvalue weighted by Gasteiger charge is -2.25. The lowest BCUT2D eigenvalue weighted by Crippen LogP contribution is -2.43. The Morgan fingerprint density at radius 1 is 1.36 bits per heavy atom. The highest BCUT2D eigenvalue weighted by molar-refractivity contribution is 9.09. The van der Waals surface area contributed by atoms with Crippen molar-refractivity contribution in [2.24, 2.45) is 5.41 Å². The molecule has 0 saturated carbocycles. The molecule has 0 rings (SSSR count). The van der Waals surface area contributed by atoms with Gasteiger partial charge in [-0.15, -0.1) is 0 Å². The zero-order chi connectivity index (χ0) is 11.4. The third-order valence-electron chi connectivity index (χ3n) is 1.90. The average Bonchev–Trinajstić information content (AvgIpc) is 1.97. The summed E-state index contributed by atoms with van der Waals surface area (Å²) in [6, 6.07) is 0. The van der Waals surface area contributed by atoms with E-state index < -0.39 is 8.32 Å². The van der Waals surface area contributed by atoms with Gasteiger partial charge < -0.3 is 9.22 Å². The molecule has 4 heteroatoms. The molecule has 14 heavy (non-hydrogen) atoms. The minimum atomic E-state index is -2.11. The maximum absolute atomic E-state index is 11.9. The van der Waals surface area contributed by atoms with Crippen LogP contribution < -0.4 is 0 Å². The summed E-state index contributed by atoms with van der Waals surface area (Å²) in [7, 11) is -2.11. The molecule has 0 aliphatic rings. The van der Waals surface area contributed by atoms with Crippen LogP contribution in [0.2, 0.25) is 13.1 Å². The largest absolute Gasteiger partial charge is 0.409 e. The molecular weight excluding hydrogens is 260 g/mol. The van der Waals surface area contributed by atoms with Crippen LogP contribution in [0, 0.1) is 5.41 Å². The fourth-order valence-electron chi connectivity index (χ4n) is 1.07. The summed E-state index contributed by atoms with van der Waals surface area (Å²) >= 11 is 3.30. The molecule has 0 N–H and O–H groups in total. The van der Waals surface area contributed by atoms with Gasteiger partial charge in [-0.05, 0) is 18.5 Å². The lowest BCUT2D eigenvalue weighted by molar-refractivity contribution is -0.115. The molecule has 0 amide bonds. The second-order valence-electron chi connectivity index (χ2n) is 5.21. The summed E-state index contributed by atoms with van der Waals surface area (Å²) in [6.07, 6.45) is 0.620. The number of carbonyl (C=O) groups excluding carboxylic acids is 1. The predicted molar refractivity (Wildman–Crippen MR) is 66.3 cm³/mol. The summed E-state index contributed by atoms with van der Waals surface area (Å²) in [5.74, 6) is 0. The van der Waals surface area contributed by atoms with Crippen molar-refractivity contribution in [3.05, 3.63) is 0 Å². The van der Waals surface area contributed by atoms with Crippen LogP contribution in [0.3, 0.4) is 0 Å². The van der Waals surface area contributed by atoms with Crippen molar-refractivity contribution in [3.63, 3.8) is 0 Å². The molecule has 0 radical (unpaired) electrons. The number of hydrogen-bond acceptors (Lipinski definition) is 2. The fraction of sp³-hybridized carbons (Fsp3) is 0.900. The van der Waals surface area contributed by atoms with Gasteiger partial charge in [-0.1, -0.05) is 36.7 Å². The van der Waals surface area contributed by atoms with Crippen LogP contribution in [-0.2, 0) is 9.22 Å². The van der Waals surface area contributed by atoms with Crippen molar-refractivity contribution >= 4 is 29.7 Å². The first-order valence-corrected chi connectivity index (χ1v) is 8.95. The van der Waals surface area contributed by atoms with E-state index in [0.29, 0.717) is 18.4 Å². The average molecular weight is 281 g/mol. The molecule has 0 spiro atoms. The highest BCUT2D eigenvalue weighted by atomic mass is 79.9. The van der Waals surface area contributed by atoms with Crippen molar-refractivity contribution in [3.8, 4) is 0 Å². The number of halogens is 1. The first-order valence-electron chi connectivity index (χ1n) is 4.92. The van der Waals surface area contributed by atoms with Gasteiger partial charge in [0.05, 0.1) is 0 Å². The van der Waals surface area contributed by atoms with E-state index in [1.165, 1.54) is 0 Å². The Morgan fingerprint density at radius 3 is 2.21 bits per heavy atom. The number of carbonyl (C=O) groups is 1. The van der Waals surface area contributed by atoms with Crippen LogP contribution >= 0.6 is 15.9 Å². The van der Waals surface area contributed by atoms with Crippen molar-refractivity contribution in [2.45, 2.75) is 40.3 Å². The molecule has 84 valence electrons. The molecule has 0 aliphatic carbocycles. The SMILES string of the molecule is CC(C)(C)CC(=O)[Si](C)(C)OCCBr. The molecule has 2 nitrogen and oxygen atoms in total. The summed E-state index contributed by atoms with van der Waals surface area (Å²) in [4.78, 5) is 11.9. The fourth-order valence-corrected chi connectivity index (χ4v) is 3.26. The summed E-state index contributed by atoms with van der Waals surface area (Å²) in [6.45, 7) is 10.8. The van der Waals surface area contributed by atoms with Gasteiger partial charge in [0.25, 0.3) is 8.32 Å². The molecule has 0 bridgehead atoms. The Hall–Kier alpha value is 0.327. The van der Waals surface area contributed by atoms with E-state index in [-0.39, 0.29) is 5.41 Å². The highest BCUT2D eigenvalue weighted by Crippen LogP contribution is 2.22. The second kappa shape index (κ2) is 5.42. The van der Waals surface area contributed by atoms with E-state index in [1.54, 1.807) is 0 Å². The molecule has 0 unspecified atom stereocenters. The second-order valence-corrected chi connectivity index (χ2v) is 9.87. The molecule has 0 atom stereocenters. The zero-order valence-electron chi connectivity index (χ0n) is 9.82. The first kappa shape index (κ1) is 14.3. The van der Waals surface area contributed by atoms with Gasteiger partial charge in [0.2, 0.25) is 0 Å². The predicted octanol–water partition coefficient (Wildman–Crippen LogP) is 3.15. The van der Waals surface area contributed by atoms with E-state index in [9.17, 15) is 4.79 Å². The number of hydrogen-bond donors (Lipinski definition) is 0. The quantitative estimate of drug-likeness (QED) is 0.571. The maximum atomic E-state index is 11.9. The summed E-state index contributed by atoms with van der Waals surface area (Å²) in [5.41, 5.74) is 0.0686. The number of alkyl halides is 1. The molecule has 0 aromatic rings. The Balaban J connectivity index is 4.21. The van der Waals surface area contributed by atoms with Crippen LogP contribution in [0.25, 0.3) is 0 Å². The Bertz CT molecular complexity index is 197. The van der Waals surface area contributed by atoms with E-state index in [2.05, 4.69) is 36.7 Å². The third kappa shape index (κ3) is 5.93. The van der Waals surface area contributed by atoms with E-state index >= 15 is 0 Å². The van der Waals surface area contributed by atoms with E-state index in [4.69, 9.17) is 4.43 Å². The molecule has 0 heterocycles. The van der Waals surface area contributed by atoms with Gasteiger partial charge in [0.1, 0.15) is 5.41 Å². The maximum Gasteiger partial charge on any atom is 0.258 e. The standard InChI is InChI=1S/C10H21BrO2Si/c1-10(2,3)8-9(12)14(4,5)13-7-6-11/h6-8H2,1-5H3. The van der Waals surface area contributed by atoms with Gasteiger partial charge >= 0.3 is 0 Å². The van der Waals surface area contributed by atoms with Gasteiger partial charge in [-0.2, -0.15) is 0 Å². The van der Waals surface area contributed by atoms with Crippen LogP contribution in [0.15, 0.2) is 0 Å². The van der Waals surface area contributed by atoms with Crippen LogP contribution in [0.5, 0.6) is 0 Å². The zero-order valence-corrected chi connectivity index (χ0v) is 12.4. The monoisotopic (exact) mass is 280 g/mol. The molecule has 0 aromatic heterocycles. The van der Waals surface area contributed by atoms with Crippen molar-refractivity contribution in [1.29, 1.82) is 0 Å². The molecule has 0 aromatic carbocycles. The van der Waals surface area contributed by atoms with Crippen LogP contribution in [-0.4, -0.2) is 25.7 Å². The van der Waals surface area contributed by atoms with Gasteiger partial charge in [-0.25, -0.2) is 0 Å². The minimum absolute atomic E-state index is 0.0686. The lowest BCUT2D eigenvalue weighted by atomic mass is 9.93. The molecule has 0 saturated heterocycles. The Labute approximate surface area is 96.7 Å². The van der Waals surface area contributed by atoms with E-state index in [1.807, 2.05) is 13.1 Å². The normalized spacial score (nSPS) is 13.0.